The van der Waals surface area contributed by atoms with E-state index in [1.807, 2.05) is 0 Å². The summed E-state index contributed by atoms with van der Waals surface area (Å²) in [4.78, 5) is 14.1. The first kappa shape index (κ1) is 13.8. The molecule has 2 fully saturated rings. The largest absolute Gasteiger partial charge is 0.396 e. The van der Waals surface area contributed by atoms with E-state index in [1.54, 1.807) is 4.90 Å². The van der Waals surface area contributed by atoms with Crippen molar-refractivity contribution in [2.45, 2.75) is 49.8 Å². The zero-order valence-corrected chi connectivity index (χ0v) is 11.4. The van der Waals surface area contributed by atoms with E-state index in [0.717, 1.165) is 19.3 Å². The molecule has 5 nitrogen and oxygen atoms in total. The highest BCUT2D eigenvalue weighted by atomic mass is 32.2. The SMILES string of the molecule is O=C(C1CCCCS1(=O)=O)N1CCCC1CCO. The van der Waals surface area contributed by atoms with Gasteiger partial charge >= 0.3 is 0 Å². The highest BCUT2D eigenvalue weighted by molar-refractivity contribution is 7.92. The molecule has 2 aliphatic heterocycles. The van der Waals surface area contributed by atoms with Crippen molar-refractivity contribution in [3.63, 3.8) is 0 Å². The molecule has 0 aliphatic carbocycles. The Labute approximate surface area is 108 Å². The third kappa shape index (κ3) is 2.69. The Hall–Kier alpha value is -0.620. The summed E-state index contributed by atoms with van der Waals surface area (Å²) in [5.41, 5.74) is 0. The maximum atomic E-state index is 12.4. The zero-order valence-electron chi connectivity index (χ0n) is 10.5. The first-order valence-electron chi connectivity index (χ1n) is 6.69. The summed E-state index contributed by atoms with van der Waals surface area (Å²) in [5, 5.41) is 8.15. The maximum Gasteiger partial charge on any atom is 0.241 e. The highest BCUT2D eigenvalue weighted by Crippen LogP contribution is 2.26. The second kappa shape index (κ2) is 5.57. The lowest BCUT2D eigenvalue weighted by atomic mass is 10.1. The molecule has 2 heterocycles. The van der Waals surface area contributed by atoms with Crippen molar-refractivity contribution in [1.82, 2.24) is 4.90 Å². The molecule has 1 amide bonds. The number of amides is 1. The number of carbonyl (C=O) groups excluding carboxylic acids is 1. The molecule has 2 rings (SSSR count). The van der Waals surface area contributed by atoms with E-state index in [0.29, 0.717) is 25.8 Å². The molecule has 104 valence electrons. The molecule has 2 saturated heterocycles. The van der Waals surface area contributed by atoms with Gasteiger partial charge in [-0.3, -0.25) is 4.79 Å². The molecule has 0 aromatic rings. The maximum absolute atomic E-state index is 12.4. The Morgan fingerprint density at radius 3 is 2.67 bits per heavy atom. The third-order valence-electron chi connectivity index (χ3n) is 3.98. The van der Waals surface area contributed by atoms with Gasteiger partial charge in [-0.05, 0) is 32.1 Å². The van der Waals surface area contributed by atoms with Crippen molar-refractivity contribution in [3.8, 4) is 0 Å². The summed E-state index contributed by atoms with van der Waals surface area (Å²) < 4.78 is 23.9. The molecule has 0 saturated carbocycles. The number of carbonyl (C=O) groups is 1. The van der Waals surface area contributed by atoms with Gasteiger partial charge in [-0.1, -0.05) is 6.42 Å². The van der Waals surface area contributed by atoms with Crippen molar-refractivity contribution >= 4 is 15.7 Å². The van der Waals surface area contributed by atoms with Crippen molar-refractivity contribution in [2.24, 2.45) is 0 Å². The van der Waals surface area contributed by atoms with Gasteiger partial charge in [-0.2, -0.15) is 0 Å². The van der Waals surface area contributed by atoms with Gasteiger partial charge in [-0.25, -0.2) is 8.42 Å². The quantitative estimate of drug-likeness (QED) is 0.805. The van der Waals surface area contributed by atoms with Crippen LogP contribution in [0.5, 0.6) is 0 Å². The fourth-order valence-corrected chi connectivity index (χ4v) is 4.85. The van der Waals surface area contributed by atoms with E-state index < -0.39 is 15.1 Å². The number of hydrogen-bond donors (Lipinski definition) is 1. The minimum Gasteiger partial charge on any atom is -0.396 e. The zero-order chi connectivity index (χ0) is 13.2. The Morgan fingerprint density at radius 1 is 1.22 bits per heavy atom. The first-order valence-corrected chi connectivity index (χ1v) is 8.40. The van der Waals surface area contributed by atoms with Crippen LogP contribution in [0.4, 0.5) is 0 Å². The van der Waals surface area contributed by atoms with E-state index in [9.17, 15) is 13.2 Å². The molecule has 18 heavy (non-hydrogen) atoms. The number of sulfone groups is 1. The predicted octanol–water partition coefficient (Wildman–Crippen LogP) is 0.327. The van der Waals surface area contributed by atoms with Crippen molar-refractivity contribution in [1.29, 1.82) is 0 Å². The number of likely N-dealkylation sites (tertiary alicyclic amines) is 1. The van der Waals surface area contributed by atoms with Crippen molar-refractivity contribution in [3.05, 3.63) is 0 Å². The van der Waals surface area contributed by atoms with Crippen LogP contribution in [0.15, 0.2) is 0 Å². The minimum absolute atomic E-state index is 0.0274. The molecule has 1 N–H and O–H groups in total. The lowest BCUT2D eigenvalue weighted by Gasteiger charge is -2.30. The number of aliphatic hydroxyl groups excluding tert-OH is 1. The van der Waals surface area contributed by atoms with E-state index in [-0.39, 0.29) is 24.3 Å². The summed E-state index contributed by atoms with van der Waals surface area (Å²) >= 11 is 0. The average molecular weight is 275 g/mol. The fourth-order valence-electron chi connectivity index (χ4n) is 2.99. The molecule has 6 heteroatoms. The Morgan fingerprint density at radius 2 is 2.00 bits per heavy atom. The van der Waals surface area contributed by atoms with Gasteiger partial charge in [0.15, 0.2) is 9.84 Å². The Bertz CT molecular complexity index is 406. The number of hydrogen-bond acceptors (Lipinski definition) is 4. The van der Waals surface area contributed by atoms with Gasteiger partial charge < -0.3 is 10.0 Å². The van der Waals surface area contributed by atoms with E-state index in [1.165, 1.54) is 0 Å². The molecular formula is C12H21NO4S. The molecule has 0 spiro atoms. The third-order valence-corrected chi connectivity index (χ3v) is 6.14. The molecule has 2 aliphatic rings. The summed E-state index contributed by atoms with van der Waals surface area (Å²) in [5.74, 6) is -0.0901. The predicted molar refractivity (Wildman–Crippen MR) is 67.9 cm³/mol. The first-order chi connectivity index (χ1) is 8.56. The van der Waals surface area contributed by atoms with Crippen LogP contribution in [0.1, 0.15) is 38.5 Å². The lowest BCUT2D eigenvalue weighted by molar-refractivity contribution is -0.132. The topological polar surface area (TPSA) is 74.7 Å². The van der Waals surface area contributed by atoms with Crippen LogP contribution < -0.4 is 0 Å². The molecule has 0 aromatic carbocycles. The van der Waals surface area contributed by atoms with Crippen molar-refractivity contribution in [2.75, 3.05) is 18.9 Å². The lowest BCUT2D eigenvalue weighted by Crippen LogP contribution is -2.47. The van der Waals surface area contributed by atoms with Gasteiger partial charge in [0, 0.05) is 19.2 Å². The summed E-state index contributed by atoms with van der Waals surface area (Å²) in [7, 11) is -3.25. The molecule has 0 bridgehead atoms. The highest BCUT2D eigenvalue weighted by Gasteiger charge is 2.40. The number of rotatable bonds is 3. The standard InChI is InChI=1S/C12H21NO4S/c14-8-6-10-4-3-7-13(10)12(15)11-5-1-2-9-18(11,16)17/h10-11,14H,1-9H2. The van der Waals surface area contributed by atoms with Crippen LogP contribution in [0.2, 0.25) is 0 Å². The monoisotopic (exact) mass is 275 g/mol. The number of aliphatic hydroxyl groups is 1. The summed E-state index contributed by atoms with van der Waals surface area (Å²) in [6.07, 6.45) is 4.28. The Balaban J connectivity index is 2.10. The van der Waals surface area contributed by atoms with E-state index in [4.69, 9.17) is 5.11 Å². The van der Waals surface area contributed by atoms with Crippen LogP contribution >= 0.6 is 0 Å². The summed E-state index contributed by atoms with van der Waals surface area (Å²) in [6.45, 7) is 0.682. The van der Waals surface area contributed by atoms with Crippen LogP contribution in [-0.4, -0.2) is 54.5 Å². The number of nitrogens with zero attached hydrogens (tertiary/aromatic N) is 1. The van der Waals surface area contributed by atoms with Gasteiger partial charge in [-0.15, -0.1) is 0 Å². The molecule has 2 atom stereocenters. The molecule has 0 radical (unpaired) electrons. The van der Waals surface area contributed by atoms with Crippen LogP contribution in [0.25, 0.3) is 0 Å². The van der Waals surface area contributed by atoms with E-state index >= 15 is 0 Å². The molecule has 0 aromatic heterocycles. The normalized spacial score (nSPS) is 31.5. The fraction of sp³-hybridized carbons (Fsp3) is 0.917. The Kier molecular flexibility index (Phi) is 4.27. The molecule has 2 unspecified atom stereocenters. The molecular weight excluding hydrogens is 254 g/mol. The van der Waals surface area contributed by atoms with Gasteiger partial charge in [0.2, 0.25) is 5.91 Å². The van der Waals surface area contributed by atoms with Crippen molar-refractivity contribution < 1.29 is 18.3 Å². The summed E-state index contributed by atoms with van der Waals surface area (Å²) in [6, 6.07) is 0.0274. The van der Waals surface area contributed by atoms with Crippen LogP contribution in [-0.2, 0) is 14.6 Å². The minimum atomic E-state index is -3.25. The second-order valence-electron chi connectivity index (χ2n) is 5.19. The van der Waals surface area contributed by atoms with Crippen LogP contribution in [0, 0.1) is 0 Å². The van der Waals surface area contributed by atoms with E-state index in [2.05, 4.69) is 0 Å². The van der Waals surface area contributed by atoms with Crippen LogP contribution in [0.3, 0.4) is 0 Å². The van der Waals surface area contributed by atoms with Gasteiger partial charge in [0.25, 0.3) is 0 Å². The van der Waals surface area contributed by atoms with Gasteiger partial charge in [0.05, 0.1) is 5.75 Å². The smallest absolute Gasteiger partial charge is 0.241 e. The van der Waals surface area contributed by atoms with Gasteiger partial charge in [0.1, 0.15) is 5.25 Å². The second-order valence-corrected chi connectivity index (χ2v) is 7.49. The average Bonchev–Trinajstić information content (AvgIpc) is 2.76.